The quantitative estimate of drug-likeness (QED) is 0.199. The van der Waals surface area contributed by atoms with Crippen molar-refractivity contribution < 1.29 is 62.4 Å². The summed E-state index contributed by atoms with van der Waals surface area (Å²) in [4.78, 5) is 32.2. The first-order valence-electron chi connectivity index (χ1n) is 14.3. The molecular formula is C30H57O6Y. The molecule has 0 spiro atoms. The van der Waals surface area contributed by atoms with Gasteiger partial charge >= 0.3 is 32.7 Å². The summed E-state index contributed by atoms with van der Waals surface area (Å²) in [5.74, 6) is -2.71. The van der Waals surface area contributed by atoms with Crippen molar-refractivity contribution in [2.45, 2.75) is 159 Å². The average molecular weight is 603 g/mol. The minimum atomic E-state index is -0.931. The van der Waals surface area contributed by atoms with E-state index >= 15 is 0 Å². The molecule has 0 amide bonds. The average Bonchev–Trinajstić information content (AvgIpc) is 2.80. The molecule has 6 nitrogen and oxygen atoms in total. The molecule has 0 rings (SSSR count). The van der Waals surface area contributed by atoms with Gasteiger partial charge in [0.25, 0.3) is 0 Å². The van der Waals surface area contributed by atoms with Gasteiger partial charge in [0.1, 0.15) is 0 Å². The third-order valence-corrected chi connectivity index (χ3v) is 6.96. The molecule has 7 heteroatoms. The van der Waals surface area contributed by atoms with Crippen LogP contribution < -0.4 is 15.3 Å². The largest absolute Gasteiger partial charge is 3.00 e. The van der Waals surface area contributed by atoms with Crippen LogP contribution in [0.5, 0.6) is 0 Å². The summed E-state index contributed by atoms with van der Waals surface area (Å²) >= 11 is 0. The molecule has 0 aromatic rings. The van der Waals surface area contributed by atoms with E-state index in [4.69, 9.17) is 0 Å². The predicted octanol–water partition coefficient (Wildman–Crippen LogP) is 5.20. The number of hydrogen-bond acceptors (Lipinski definition) is 6. The van der Waals surface area contributed by atoms with E-state index in [2.05, 4.69) is 20.8 Å². The van der Waals surface area contributed by atoms with Crippen LogP contribution in [0.4, 0.5) is 0 Å². The molecule has 0 heterocycles. The Bertz CT molecular complexity index is 559. The molecule has 0 aliphatic carbocycles. The van der Waals surface area contributed by atoms with Crippen LogP contribution in [0, 0.1) is 16.2 Å². The Kier molecular flexibility index (Phi) is 28.9. The molecule has 2 atom stereocenters. The Morgan fingerprint density at radius 3 is 1.05 bits per heavy atom. The van der Waals surface area contributed by atoms with Crippen molar-refractivity contribution in [3.8, 4) is 0 Å². The third-order valence-electron chi connectivity index (χ3n) is 6.96. The Hall–Kier alpha value is -0.486. The van der Waals surface area contributed by atoms with Crippen LogP contribution in [0.3, 0.4) is 0 Å². The number of carboxylic acid groups (broad SMARTS) is 3. The molecule has 0 bridgehead atoms. The zero-order chi connectivity index (χ0) is 28.8. The Balaban J connectivity index is -0.000000218. The zero-order valence-electron chi connectivity index (χ0n) is 25.6. The minimum absolute atomic E-state index is 0. The number of unbranched alkanes of at least 4 members (excludes halogenated alkanes) is 5. The van der Waals surface area contributed by atoms with Crippen LogP contribution in [0.15, 0.2) is 0 Å². The van der Waals surface area contributed by atoms with E-state index in [1.807, 2.05) is 13.8 Å². The smallest absolute Gasteiger partial charge is 0.550 e. The maximum absolute atomic E-state index is 10.8. The predicted molar refractivity (Wildman–Crippen MR) is 143 cm³/mol. The summed E-state index contributed by atoms with van der Waals surface area (Å²) in [7, 11) is 0. The van der Waals surface area contributed by atoms with Crippen molar-refractivity contribution in [1.82, 2.24) is 0 Å². The third kappa shape index (κ3) is 22.1. The first kappa shape index (κ1) is 43.6. The fraction of sp³-hybridized carbons (Fsp3) is 0.900. The topological polar surface area (TPSA) is 120 Å². The van der Waals surface area contributed by atoms with Gasteiger partial charge in [0.2, 0.25) is 0 Å². The van der Waals surface area contributed by atoms with Gasteiger partial charge in [0.05, 0.1) is 0 Å². The van der Waals surface area contributed by atoms with Crippen molar-refractivity contribution >= 4 is 17.9 Å². The number of hydrogen-bond donors (Lipinski definition) is 0. The molecule has 2 unspecified atom stereocenters. The van der Waals surface area contributed by atoms with Crippen LogP contribution in [0.25, 0.3) is 0 Å². The molecule has 0 aliphatic heterocycles. The van der Waals surface area contributed by atoms with Crippen LogP contribution in [-0.4, -0.2) is 17.9 Å². The molecule has 0 saturated carbocycles. The number of carbonyl (C=O) groups is 3. The summed E-state index contributed by atoms with van der Waals surface area (Å²) in [5.41, 5.74) is -1.83. The summed E-state index contributed by atoms with van der Waals surface area (Å²) in [6.07, 6.45) is 14.1. The number of carboxylic acids is 3. The summed E-state index contributed by atoms with van der Waals surface area (Å²) in [6, 6.07) is 0. The summed E-state index contributed by atoms with van der Waals surface area (Å²) in [6.45, 7) is 17.3. The second-order valence-corrected chi connectivity index (χ2v) is 11.4. The van der Waals surface area contributed by atoms with E-state index in [9.17, 15) is 29.7 Å². The molecule has 0 saturated heterocycles. The molecule has 37 heavy (non-hydrogen) atoms. The van der Waals surface area contributed by atoms with E-state index in [0.717, 1.165) is 83.5 Å². The Labute approximate surface area is 254 Å². The van der Waals surface area contributed by atoms with Crippen molar-refractivity contribution in [1.29, 1.82) is 0 Å². The first-order valence-corrected chi connectivity index (χ1v) is 14.3. The van der Waals surface area contributed by atoms with Gasteiger partial charge < -0.3 is 29.7 Å². The van der Waals surface area contributed by atoms with E-state index in [1.54, 1.807) is 27.7 Å². The number of aliphatic carboxylic acids is 3. The summed E-state index contributed by atoms with van der Waals surface area (Å²) < 4.78 is 0. The van der Waals surface area contributed by atoms with Gasteiger partial charge in [-0.2, -0.15) is 0 Å². The van der Waals surface area contributed by atoms with Gasteiger partial charge in [0, 0.05) is 34.2 Å². The molecule has 0 N–H and O–H groups in total. The fourth-order valence-electron chi connectivity index (χ4n) is 3.99. The second-order valence-electron chi connectivity index (χ2n) is 11.4. The van der Waals surface area contributed by atoms with Gasteiger partial charge in [-0.3, -0.25) is 0 Å². The van der Waals surface area contributed by atoms with Gasteiger partial charge in [-0.15, -0.1) is 0 Å². The molecule has 0 radical (unpaired) electrons. The number of carbonyl (C=O) groups excluding carboxylic acids is 3. The van der Waals surface area contributed by atoms with Crippen LogP contribution in [0.1, 0.15) is 159 Å². The van der Waals surface area contributed by atoms with E-state index in [-0.39, 0.29) is 32.7 Å². The van der Waals surface area contributed by atoms with Gasteiger partial charge in [0.15, 0.2) is 0 Å². The van der Waals surface area contributed by atoms with Crippen LogP contribution in [-0.2, 0) is 47.1 Å². The van der Waals surface area contributed by atoms with Gasteiger partial charge in [-0.1, -0.05) is 127 Å². The minimum Gasteiger partial charge on any atom is -0.550 e. The first-order chi connectivity index (χ1) is 16.6. The molecule has 0 aromatic heterocycles. The maximum atomic E-state index is 10.8. The van der Waals surface area contributed by atoms with Gasteiger partial charge in [-0.05, 0) is 32.1 Å². The molecular weight excluding hydrogens is 545 g/mol. The van der Waals surface area contributed by atoms with Crippen LogP contribution in [0.2, 0.25) is 0 Å². The maximum Gasteiger partial charge on any atom is 3.00 e. The van der Waals surface area contributed by atoms with E-state index in [0.29, 0.717) is 0 Å². The van der Waals surface area contributed by atoms with E-state index in [1.165, 1.54) is 12.8 Å². The molecule has 0 fully saturated rings. The number of rotatable bonds is 18. The molecule has 216 valence electrons. The zero-order valence-corrected chi connectivity index (χ0v) is 28.5. The van der Waals surface area contributed by atoms with Crippen molar-refractivity contribution in [3.05, 3.63) is 0 Å². The standard InChI is InChI=1S/3C10H20O2.Y/c1-4-5-6-7-8-10(2,3)9(11)12;2*1-4-6-8-10(3,7-5-2)9(11)12;/h3*4-8H2,1-3H3,(H,11,12);/q;;;+3/p-3. The monoisotopic (exact) mass is 602 g/mol. The van der Waals surface area contributed by atoms with Crippen molar-refractivity contribution in [2.75, 3.05) is 0 Å². The summed E-state index contributed by atoms with van der Waals surface area (Å²) in [5, 5.41) is 32.2. The van der Waals surface area contributed by atoms with Crippen LogP contribution >= 0.6 is 0 Å². The Morgan fingerprint density at radius 2 is 0.811 bits per heavy atom. The normalized spacial score (nSPS) is 13.9. The van der Waals surface area contributed by atoms with Crippen molar-refractivity contribution in [2.24, 2.45) is 16.2 Å². The van der Waals surface area contributed by atoms with Crippen molar-refractivity contribution in [3.63, 3.8) is 0 Å². The van der Waals surface area contributed by atoms with Gasteiger partial charge in [-0.25, -0.2) is 0 Å². The molecule has 0 aliphatic rings. The molecule has 0 aromatic carbocycles. The van der Waals surface area contributed by atoms with E-state index < -0.39 is 34.2 Å². The SMILES string of the molecule is CCCCC(C)(CCC)C(=O)[O-].CCCCC(C)(CCC)C(=O)[O-].CCCCCCC(C)(C)C(=O)[O-].[Y+3]. The second kappa shape index (κ2) is 24.5. The fourth-order valence-corrected chi connectivity index (χ4v) is 3.99. The Morgan fingerprint density at radius 1 is 0.459 bits per heavy atom.